The van der Waals surface area contributed by atoms with Crippen molar-refractivity contribution in [2.45, 2.75) is 20.0 Å². The van der Waals surface area contributed by atoms with E-state index in [9.17, 15) is 9.90 Å². The number of aliphatic hydroxyl groups excluding tert-OH is 1. The summed E-state index contributed by atoms with van der Waals surface area (Å²) in [6.45, 7) is 4.18. The molecule has 1 heterocycles. The van der Waals surface area contributed by atoms with Crippen molar-refractivity contribution in [3.63, 3.8) is 0 Å². The highest BCUT2D eigenvalue weighted by atomic mass is 16.3. The standard InChI is InChI=1S/C13H21N3O2/c1-9(13(18)14-3)8-16(4)11-5-6-12(10(2)17)15-7-11/h5-7,9-10,17H,8H2,1-4H3,(H,14,18). The molecule has 5 nitrogen and oxygen atoms in total. The lowest BCUT2D eigenvalue weighted by molar-refractivity contribution is -0.123. The third-order valence-electron chi connectivity index (χ3n) is 2.88. The third kappa shape index (κ3) is 3.70. The van der Waals surface area contributed by atoms with Gasteiger partial charge in [-0.25, -0.2) is 0 Å². The van der Waals surface area contributed by atoms with Crippen molar-refractivity contribution >= 4 is 11.6 Å². The van der Waals surface area contributed by atoms with Crippen LogP contribution in [0, 0.1) is 5.92 Å². The van der Waals surface area contributed by atoms with Crippen LogP contribution >= 0.6 is 0 Å². The number of anilines is 1. The Morgan fingerprint density at radius 3 is 2.61 bits per heavy atom. The molecule has 18 heavy (non-hydrogen) atoms. The lowest BCUT2D eigenvalue weighted by atomic mass is 10.1. The Labute approximate surface area is 108 Å². The summed E-state index contributed by atoms with van der Waals surface area (Å²) in [5, 5.41) is 12.0. The Hall–Kier alpha value is -1.62. The second kappa shape index (κ2) is 6.35. The van der Waals surface area contributed by atoms with Gasteiger partial charge in [-0.05, 0) is 19.1 Å². The molecule has 0 bridgehead atoms. The van der Waals surface area contributed by atoms with Gasteiger partial charge in [0.2, 0.25) is 5.91 Å². The van der Waals surface area contributed by atoms with Crippen LogP contribution in [-0.2, 0) is 4.79 Å². The zero-order valence-corrected chi connectivity index (χ0v) is 11.3. The second-order valence-corrected chi connectivity index (χ2v) is 4.51. The molecular weight excluding hydrogens is 230 g/mol. The summed E-state index contributed by atoms with van der Waals surface area (Å²) in [5.74, 6) is -0.0631. The maximum absolute atomic E-state index is 11.4. The Kier molecular flexibility index (Phi) is 5.09. The third-order valence-corrected chi connectivity index (χ3v) is 2.88. The van der Waals surface area contributed by atoms with E-state index in [0.717, 1.165) is 5.69 Å². The summed E-state index contributed by atoms with van der Waals surface area (Å²) >= 11 is 0. The molecule has 1 rings (SSSR count). The molecular formula is C13H21N3O2. The Morgan fingerprint density at radius 1 is 1.50 bits per heavy atom. The predicted molar refractivity (Wildman–Crippen MR) is 71.4 cm³/mol. The maximum atomic E-state index is 11.4. The summed E-state index contributed by atoms with van der Waals surface area (Å²) in [4.78, 5) is 17.6. The predicted octanol–water partition coefficient (Wildman–Crippen LogP) is 0.953. The molecule has 0 saturated heterocycles. The average Bonchev–Trinajstić information content (AvgIpc) is 2.37. The van der Waals surface area contributed by atoms with Crippen molar-refractivity contribution in [1.82, 2.24) is 10.3 Å². The molecule has 0 aliphatic heterocycles. The van der Waals surface area contributed by atoms with Crippen LogP contribution in [-0.4, -0.2) is 36.6 Å². The molecule has 2 atom stereocenters. The summed E-state index contributed by atoms with van der Waals surface area (Å²) in [7, 11) is 3.55. The molecule has 0 radical (unpaired) electrons. The monoisotopic (exact) mass is 251 g/mol. The van der Waals surface area contributed by atoms with Crippen LogP contribution in [0.4, 0.5) is 5.69 Å². The molecule has 0 fully saturated rings. The van der Waals surface area contributed by atoms with Crippen molar-refractivity contribution in [2.24, 2.45) is 5.92 Å². The largest absolute Gasteiger partial charge is 0.387 e. The highest BCUT2D eigenvalue weighted by molar-refractivity contribution is 5.78. The number of aliphatic hydroxyl groups is 1. The molecule has 0 aliphatic rings. The summed E-state index contributed by atoms with van der Waals surface area (Å²) in [5.41, 5.74) is 1.57. The SMILES string of the molecule is CNC(=O)C(C)CN(C)c1ccc(C(C)O)nc1. The number of amides is 1. The molecule has 2 unspecified atom stereocenters. The van der Waals surface area contributed by atoms with E-state index in [2.05, 4.69) is 10.3 Å². The highest BCUT2D eigenvalue weighted by Crippen LogP contribution is 2.16. The van der Waals surface area contributed by atoms with Crippen molar-refractivity contribution in [3.05, 3.63) is 24.0 Å². The zero-order chi connectivity index (χ0) is 13.7. The minimum absolute atomic E-state index is 0.0235. The Bertz CT molecular complexity index is 390. The molecule has 1 aromatic rings. The molecule has 1 aromatic heterocycles. The van der Waals surface area contributed by atoms with Crippen LogP contribution in [0.5, 0.6) is 0 Å². The van der Waals surface area contributed by atoms with Gasteiger partial charge >= 0.3 is 0 Å². The molecule has 5 heteroatoms. The smallest absolute Gasteiger partial charge is 0.224 e. The highest BCUT2D eigenvalue weighted by Gasteiger charge is 2.14. The normalized spacial score (nSPS) is 13.8. The second-order valence-electron chi connectivity index (χ2n) is 4.51. The minimum atomic E-state index is -0.561. The van der Waals surface area contributed by atoms with Gasteiger partial charge in [0.1, 0.15) is 0 Å². The van der Waals surface area contributed by atoms with E-state index in [4.69, 9.17) is 0 Å². The van der Waals surface area contributed by atoms with Gasteiger partial charge in [-0.15, -0.1) is 0 Å². The van der Waals surface area contributed by atoms with Gasteiger partial charge in [0.05, 0.1) is 29.6 Å². The number of nitrogens with one attached hydrogen (secondary N) is 1. The van der Waals surface area contributed by atoms with Gasteiger partial charge in [0.15, 0.2) is 0 Å². The summed E-state index contributed by atoms with van der Waals surface area (Å²) in [6.07, 6.45) is 1.15. The van der Waals surface area contributed by atoms with Gasteiger partial charge in [-0.2, -0.15) is 0 Å². The molecule has 1 amide bonds. The first-order chi connectivity index (χ1) is 8.45. The van der Waals surface area contributed by atoms with Crippen molar-refractivity contribution < 1.29 is 9.90 Å². The van der Waals surface area contributed by atoms with Gasteiger partial charge in [-0.1, -0.05) is 6.92 Å². The van der Waals surface area contributed by atoms with Crippen LogP contribution in [0.15, 0.2) is 18.3 Å². The van der Waals surface area contributed by atoms with E-state index >= 15 is 0 Å². The van der Waals surface area contributed by atoms with E-state index in [1.165, 1.54) is 0 Å². The topological polar surface area (TPSA) is 65.5 Å². The van der Waals surface area contributed by atoms with E-state index in [1.807, 2.05) is 24.9 Å². The van der Waals surface area contributed by atoms with Crippen LogP contribution in [0.3, 0.4) is 0 Å². The minimum Gasteiger partial charge on any atom is -0.387 e. The molecule has 0 aromatic carbocycles. The van der Waals surface area contributed by atoms with Gasteiger partial charge in [0.25, 0.3) is 0 Å². The van der Waals surface area contributed by atoms with Gasteiger partial charge < -0.3 is 15.3 Å². The Morgan fingerprint density at radius 2 is 2.17 bits per heavy atom. The molecule has 100 valence electrons. The van der Waals surface area contributed by atoms with Crippen molar-refractivity contribution in [3.8, 4) is 0 Å². The number of aromatic nitrogens is 1. The van der Waals surface area contributed by atoms with Crippen molar-refractivity contribution in [2.75, 3.05) is 25.5 Å². The zero-order valence-electron chi connectivity index (χ0n) is 11.3. The fraction of sp³-hybridized carbons (Fsp3) is 0.538. The number of pyridine rings is 1. The van der Waals surface area contributed by atoms with Crippen LogP contribution in [0.25, 0.3) is 0 Å². The fourth-order valence-corrected chi connectivity index (χ4v) is 1.72. The first kappa shape index (κ1) is 14.4. The van der Waals surface area contributed by atoms with E-state index < -0.39 is 6.10 Å². The lowest BCUT2D eigenvalue weighted by Gasteiger charge is -2.22. The summed E-state index contributed by atoms with van der Waals surface area (Å²) in [6, 6.07) is 3.69. The summed E-state index contributed by atoms with van der Waals surface area (Å²) < 4.78 is 0. The number of carbonyl (C=O) groups is 1. The number of carbonyl (C=O) groups excluding carboxylic acids is 1. The molecule has 0 spiro atoms. The average molecular weight is 251 g/mol. The number of nitrogens with zero attached hydrogens (tertiary/aromatic N) is 2. The quantitative estimate of drug-likeness (QED) is 0.818. The van der Waals surface area contributed by atoms with Gasteiger partial charge in [-0.3, -0.25) is 9.78 Å². The molecule has 2 N–H and O–H groups in total. The van der Waals surface area contributed by atoms with E-state index in [1.54, 1.807) is 26.2 Å². The first-order valence-electron chi connectivity index (χ1n) is 6.02. The van der Waals surface area contributed by atoms with Crippen molar-refractivity contribution in [1.29, 1.82) is 0 Å². The Balaban J connectivity index is 2.67. The number of hydrogen-bond acceptors (Lipinski definition) is 4. The van der Waals surface area contributed by atoms with Gasteiger partial charge in [0, 0.05) is 20.6 Å². The number of hydrogen-bond donors (Lipinski definition) is 2. The fourth-order valence-electron chi connectivity index (χ4n) is 1.72. The first-order valence-corrected chi connectivity index (χ1v) is 6.02. The van der Waals surface area contributed by atoms with Crippen LogP contribution < -0.4 is 10.2 Å². The number of rotatable bonds is 5. The van der Waals surface area contributed by atoms with Crippen LogP contribution in [0.2, 0.25) is 0 Å². The van der Waals surface area contributed by atoms with E-state index in [-0.39, 0.29) is 11.8 Å². The maximum Gasteiger partial charge on any atom is 0.224 e. The molecule has 0 aliphatic carbocycles. The molecule has 0 saturated carbocycles. The van der Waals surface area contributed by atoms with E-state index in [0.29, 0.717) is 12.2 Å². The van der Waals surface area contributed by atoms with Crippen LogP contribution in [0.1, 0.15) is 25.6 Å². The lowest BCUT2D eigenvalue weighted by Crippen LogP contribution is -2.34.